The number of rotatable bonds is 6. The Balaban J connectivity index is 2.27. The normalized spacial score (nSPS) is 30.6. The highest BCUT2D eigenvalue weighted by molar-refractivity contribution is 7.92. The molecule has 0 fully saturated rings. The predicted molar refractivity (Wildman–Crippen MR) is 153 cm³/mol. The number of esters is 1. The Morgan fingerprint density at radius 1 is 1.08 bits per heavy atom. The summed E-state index contributed by atoms with van der Waals surface area (Å²) in [6.45, 7) is 18.6. The third-order valence-corrected chi connectivity index (χ3v) is 15.4. The lowest BCUT2D eigenvalue weighted by Gasteiger charge is -2.50. The molecule has 5 atom stereocenters. The minimum atomic E-state index is -3.95. The van der Waals surface area contributed by atoms with Gasteiger partial charge in [-0.2, -0.15) is 0 Å². The molecule has 0 aliphatic heterocycles. The van der Waals surface area contributed by atoms with E-state index < -0.39 is 57.8 Å². The first-order chi connectivity index (χ1) is 17.4. The Hall–Kier alpha value is -2.03. The van der Waals surface area contributed by atoms with Gasteiger partial charge in [0.15, 0.2) is 23.9 Å². The smallest absolute Gasteiger partial charge is 0.317 e. The molecule has 6 nitrogen and oxygen atoms in total. The lowest BCUT2D eigenvalue weighted by molar-refractivity contribution is -0.155. The maximum Gasteiger partial charge on any atom is 0.317 e. The standard InChI is InChI=1S/C30H44O6SSi/c1-10-35-27(32)25-22(31)16-18-30(7)19-17-24(36-38(8,9)28(2,3)4)29(5,6)20-23(26(25)30)37(33,34)21-14-12-11-13-15-21/h11-19,23-26H,10,20H2,1-9H3/b19-17-/t23-,24+,25-,26+,30+/m1/s1. The molecule has 0 amide bonds. The summed E-state index contributed by atoms with van der Waals surface area (Å²) >= 11 is 0. The van der Waals surface area contributed by atoms with Gasteiger partial charge in [0.1, 0.15) is 5.92 Å². The van der Waals surface area contributed by atoms with Gasteiger partial charge < -0.3 is 9.16 Å². The van der Waals surface area contributed by atoms with Gasteiger partial charge in [0.25, 0.3) is 0 Å². The van der Waals surface area contributed by atoms with E-state index in [4.69, 9.17) is 9.16 Å². The third kappa shape index (κ3) is 5.77. The fraction of sp³-hybridized carbons (Fsp3) is 0.600. The van der Waals surface area contributed by atoms with Crippen LogP contribution in [0, 0.1) is 22.7 Å². The number of hydrogen-bond acceptors (Lipinski definition) is 6. The van der Waals surface area contributed by atoms with Gasteiger partial charge in [0, 0.05) is 11.3 Å². The number of carbonyl (C=O) groups is 2. The van der Waals surface area contributed by atoms with E-state index in [0.717, 1.165) is 0 Å². The van der Waals surface area contributed by atoms with E-state index in [2.05, 4.69) is 33.9 Å². The van der Waals surface area contributed by atoms with Crippen molar-refractivity contribution in [3.8, 4) is 0 Å². The summed E-state index contributed by atoms with van der Waals surface area (Å²) in [6, 6.07) is 8.32. The molecule has 38 heavy (non-hydrogen) atoms. The van der Waals surface area contributed by atoms with Crippen LogP contribution in [0.5, 0.6) is 0 Å². The molecular formula is C30H44O6SSi. The minimum Gasteiger partial charge on any atom is -0.465 e. The zero-order chi connectivity index (χ0) is 28.7. The average Bonchev–Trinajstić information content (AvgIpc) is 2.81. The molecule has 1 aromatic rings. The van der Waals surface area contributed by atoms with Gasteiger partial charge in [0.05, 0.1) is 22.9 Å². The Morgan fingerprint density at radius 2 is 1.68 bits per heavy atom. The van der Waals surface area contributed by atoms with Crippen LogP contribution in [0.1, 0.15) is 54.9 Å². The van der Waals surface area contributed by atoms with Crippen LogP contribution in [0.15, 0.2) is 59.5 Å². The molecule has 0 aromatic heterocycles. The van der Waals surface area contributed by atoms with E-state index in [1.54, 1.807) is 43.3 Å². The zero-order valence-corrected chi connectivity index (χ0v) is 26.1. The summed E-state index contributed by atoms with van der Waals surface area (Å²) in [5.74, 6) is -3.15. The monoisotopic (exact) mass is 560 g/mol. The molecule has 0 saturated carbocycles. The van der Waals surface area contributed by atoms with Gasteiger partial charge >= 0.3 is 5.97 Å². The first-order valence-corrected chi connectivity index (χ1v) is 17.9. The van der Waals surface area contributed by atoms with Crippen molar-refractivity contribution in [3.05, 3.63) is 54.6 Å². The number of allylic oxidation sites excluding steroid dienone is 3. The molecule has 2 aliphatic rings. The fourth-order valence-corrected chi connectivity index (χ4v) is 9.14. The summed E-state index contributed by atoms with van der Waals surface area (Å²) in [5.41, 5.74) is -1.49. The van der Waals surface area contributed by atoms with E-state index in [1.165, 1.54) is 6.08 Å². The molecule has 3 rings (SSSR count). The summed E-state index contributed by atoms with van der Waals surface area (Å²) in [5, 5.41) is -1.06. The fourth-order valence-electron chi connectivity index (χ4n) is 5.39. The van der Waals surface area contributed by atoms with E-state index in [0.29, 0.717) is 0 Å². The van der Waals surface area contributed by atoms with E-state index in [1.807, 2.05) is 32.9 Å². The molecule has 8 heteroatoms. The topological polar surface area (TPSA) is 86.7 Å². The maximum absolute atomic E-state index is 14.4. The lowest BCUT2D eigenvalue weighted by Crippen LogP contribution is -2.55. The van der Waals surface area contributed by atoms with Crippen LogP contribution >= 0.6 is 0 Å². The lowest BCUT2D eigenvalue weighted by atomic mass is 9.60. The highest BCUT2D eigenvalue weighted by Gasteiger charge is 2.56. The maximum atomic E-state index is 14.4. The number of ether oxygens (including phenoxy) is 1. The van der Waals surface area contributed by atoms with Gasteiger partial charge in [-0.3, -0.25) is 9.59 Å². The SMILES string of the molecule is CCOC(=O)[C@@H]1C(=O)C=C[C@@]2(C)/C=C\[C@H](O[Si](C)(C)C(C)(C)C)C(C)(C)C[C@@H](S(=O)(=O)c3ccccc3)[C@@H]12. The molecule has 0 spiro atoms. The van der Waals surface area contributed by atoms with Gasteiger partial charge in [-0.25, -0.2) is 8.42 Å². The predicted octanol–water partition coefficient (Wildman–Crippen LogP) is 6.15. The molecule has 0 heterocycles. The quantitative estimate of drug-likeness (QED) is 0.180. The zero-order valence-electron chi connectivity index (χ0n) is 24.3. The second-order valence-corrected chi connectivity index (χ2v) is 20.0. The molecule has 0 radical (unpaired) electrons. The highest BCUT2D eigenvalue weighted by atomic mass is 32.2. The highest BCUT2D eigenvalue weighted by Crippen LogP contribution is 2.52. The van der Waals surface area contributed by atoms with Crippen molar-refractivity contribution in [2.24, 2.45) is 22.7 Å². The summed E-state index contributed by atoms with van der Waals surface area (Å²) in [4.78, 5) is 26.6. The Labute approximate surface area is 229 Å². The second-order valence-electron chi connectivity index (χ2n) is 13.1. The van der Waals surface area contributed by atoms with Crippen LogP contribution in [0.3, 0.4) is 0 Å². The van der Waals surface area contributed by atoms with E-state index in [-0.39, 0.29) is 29.1 Å². The number of sulfone groups is 1. The Kier molecular flexibility index (Phi) is 8.43. The summed E-state index contributed by atoms with van der Waals surface area (Å²) in [7, 11) is -6.17. The van der Waals surface area contributed by atoms with Crippen molar-refractivity contribution < 1.29 is 27.2 Å². The first kappa shape index (κ1) is 30.5. The van der Waals surface area contributed by atoms with Gasteiger partial charge in [-0.05, 0) is 55.1 Å². The molecule has 0 bridgehead atoms. The molecular weight excluding hydrogens is 516 g/mol. The summed E-state index contributed by atoms with van der Waals surface area (Å²) < 4.78 is 41.0. The molecule has 0 N–H and O–H groups in total. The number of benzene rings is 1. The van der Waals surface area contributed by atoms with Crippen molar-refractivity contribution in [2.75, 3.05) is 6.61 Å². The van der Waals surface area contributed by atoms with Crippen molar-refractivity contribution in [3.63, 3.8) is 0 Å². The number of hydrogen-bond donors (Lipinski definition) is 0. The van der Waals surface area contributed by atoms with Crippen molar-refractivity contribution in [1.82, 2.24) is 0 Å². The number of fused-ring (bicyclic) bond motifs is 1. The molecule has 2 aliphatic carbocycles. The van der Waals surface area contributed by atoms with Gasteiger partial charge in [-0.15, -0.1) is 0 Å². The first-order valence-electron chi connectivity index (χ1n) is 13.4. The van der Waals surface area contributed by atoms with Crippen LogP contribution in [0.25, 0.3) is 0 Å². The van der Waals surface area contributed by atoms with Gasteiger partial charge in [0.2, 0.25) is 0 Å². The van der Waals surface area contributed by atoms with Crippen molar-refractivity contribution in [2.45, 2.75) is 89.3 Å². The van der Waals surface area contributed by atoms with Crippen molar-refractivity contribution >= 4 is 29.9 Å². The Morgan fingerprint density at radius 3 is 2.24 bits per heavy atom. The van der Waals surface area contributed by atoms with E-state index in [9.17, 15) is 18.0 Å². The number of carbonyl (C=O) groups excluding carboxylic acids is 2. The Bertz CT molecular complexity index is 1210. The average molecular weight is 561 g/mol. The third-order valence-electron chi connectivity index (χ3n) is 8.76. The number of ketones is 1. The molecule has 0 saturated heterocycles. The van der Waals surface area contributed by atoms with Gasteiger partial charge in [-0.1, -0.05) is 78.0 Å². The summed E-state index contributed by atoms with van der Waals surface area (Å²) in [6.07, 6.45) is 7.01. The molecule has 210 valence electrons. The largest absolute Gasteiger partial charge is 0.465 e. The second kappa shape index (κ2) is 10.5. The van der Waals surface area contributed by atoms with E-state index >= 15 is 0 Å². The minimum absolute atomic E-state index is 0.0343. The van der Waals surface area contributed by atoms with Crippen LogP contribution in [-0.4, -0.2) is 46.4 Å². The molecule has 1 aromatic carbocycles. The van der Waals surface area contributed by atoms with Crippen LogP contribution < -0.4 is 0 Å². The van der Waals surface area contributed by atoms with Crippen LogP contribution in [0.4, 0.5) is 0 Å². The van der Waals surface area contributed by atoms with Crippen molar-refractivity contribution in [1.29, 1.82) is 0 Å². The van der Waals surface area contributed by atoms with Crippen LogP contribution in [0.2, 0.25) is 18.1 Å². The van der Waals surface area contributed by atoms with Crippen LogP contribution in [-0.2, 0) is 28.6 Å². The molecule has 0 unspecified atom stereocenters.